The molecule has 0 atom stereocenters. The van der Waals surface area contributed by atoms with Crippen LogP contribution in [0.3, 0.4) is 0 Å². The minimum atomic E-state index is -0.417. The molecule has 0 unspecified atom stereocenters. The molecular formula is C21H23N3O3. The van der Waals surface area contributed by atoms with Crippen molar-refractivity contribution in [1.29, 1.82) is 0 Å². The van der Waals surface area contributed by atoms with Crippen LogP contribution in [-0.2, 0) is 0 Å². The molecule has 0 aliphatic heterocycles. The number of aromatic nitrogens is 3. The Hall–Kier alpha value is -2.89. The SMILES string of the molecule is CCOc1ccccc1OC(=O)c1cc(C2CC2)nc2c1cnn2C(C)C. The Morgan fingerprint density at radius 1 is 1.26 bits per heavy atom. The highest BCUT2D eigenvalue weighted by molar-refractivity contribution is 6.03. The summed E-state index contributed by atoms with van der Waals surface area (Å²) >= 11 is 0. The second kappa shape index (κ2) is 7.02. The van der Waals surface area contributed by atoms with Gasteiger partial charge in [0.15, 0.2) is 17.1 Å². The lowest BCUT2D eigenvalue weighted by Gasteiger charge is -2.12. The number of hydrogen-bond donors (Lipinski definition) is 0. The molecule has 1 aromatic carbocycles. The standard InChI is InChI=1S/C21H23N3O3/c1-4-26-18-7-5-6-8-19(18)27-21(25)15-11-17(14-9-10-14)23-20-16(15)12-22-24(20)13(2)3/h5-8,11-14H,4,9-10H2,1-3H3. The molecule has 0 bridgehead atoms. The molecular weight excluding hydrogens is 342 g/mol. The van der Waals surface area contributed by atoms with Gasteiger partial charge in [0.2, 0.25) is 0 Å². The fraction of sp³-hybridized carbons (Fsp3) is 0.381. The van der Waals surface area contributed by atoms with E-state index in [1.54, 1.807) is 18.3 Å². The van der Waals surface area contributed by atoms with E-state index in [0.717, 1.165) is 24.2 Å². The predicted octanol–water partition coefficient (Wildman–Crippen LogP) is 4.51. The molecule has 0 N–H and O–H groups in total. The Kier molecular flexibility index (Phi) is 4.56. The van der Waals surface area contributed by atoms with Gasteiger partial charge in [-0.3, -0.25) is 0 Å². The van der Waals surface area contributed by atoms with Crippen molar-refractivity contribution in [3.63, 3.8) is 0 Å². The average molecular weight is 365 g/mol. The van der Waals surface area contributed by atoms with Gasteiger partial charge in [0.25, 0.3) is 0 Å². The number of hydrogen-bond acceptors (Lipinski definition) is 5. The summed E-state index contributed by atoms with van der Waals surface area (Å²) in [5.41, 5.74) is 2.18. The molecule has 4 rings (SSSR count). The van der Waals surface area contributed by atoms with Crippen molar-refractivity contribution in [3.8, 4) is 11.5 Å². The van der Waals surface area contributed by atoms with Gasteiger partial charge < -0.3 is 9.47 Å². The average Bonchev–Trinajstić information content (AvgIpc) is 3.41. The van der Waals surface area contributed by atoms with Crippen molar-refractivity contribution in [2.24, 2.45) is 0 Å². The minimum Gasteiger partial charge on any atom is -0.490 e. The summed E-state index contributed by atoms with van der Waals surface area (Å²) in [5.74, 6) is 0.976. The third kappa shape index (κ3) is 3.39. The van der Waals surface area contributed by atoms with Gasteiger partial charge in [-0.25, -0.2) is 14.5 Å². The number of benzene rings is 1. The largest absolute Gasteiger partial charge is 0.490 e. The number of esters is 1. The van der Waals surface area contributed by atoms with Crippen LogP contribution in [0.2, 0.25) is 0 Å². The topological polar surface area (TPSA) is 66.2 Å². The molecule has 0 saturated heterocycles. The van der Waals surface area contributed by atoms with Crippen LogP contribution < -0.4 is 9.47 Å². The van der Waals surface area contributed by atoms with E-state index in [9.17, 15) is 4.79 Å². The summed E-state index contributed by atoms with van der Waals surface area (Å²) in [6, 6.07) is 9.22. The van der Waals surface area contributed by atoms with Gasteiger partial charge in [-0.2, -0.15) is 5.10 Å². The van der Waals surface area contributed by atoms with Crippen molar-refractivity contribution in [1.82, 2.24) is 14.8 Å². The van der Waals surface area contributed by atoms with E-state index >= 15 is 0 Å². The molecule has 0 radical (unpaired) electrons. The summed E-state index contributed by atoms with van der Waals surface area (Å²) in [7, 11) is 0. The first-order valence-electron chi connectivity index (χ1n) is 9.40. The number of para-hydroxylation sites is 2. The van der Waals surface area contributed by atoms with E-state index in [2.05, 4.69) is 5.10 Å². The summed E-state index contributed by atoms with van der Waals surface area (Å²) in [5, 5.41) is 5.15. The van der Waals surface area contributed by atoms with E-state index in [0.29, 0.717) is 35.0 Å². The van der Waals surface area contributed by atoms with Gasteiger partial charge >= 0.3 is 5.97 Å². The first kappa shape index (κ1) is 17.5. The second-order valence-corrected chi connectivity index (χ2v) is 7.06. The zero-order chi connectivity index (χ0) is 19.0. The number of carbonyl (C=O) groups is 1. The normalized spacial score (nSPS) is 13.9. The summed E-state index contributed by atoms with van der Waals surface area (Å²) in [4.78, 5) is 17.8. The fourth-order valence-electron chi connectivity index (χ4n) is 3.14. The quantitative estimate of drug-likeness (QED) is 0.475. The number of carbonyl (C=O) groups excluding carboxylic acids is 1. The molecule has 1 saturated carbocycles. The number of ether oxygens (including phenoxy) is 2. The van der Waals surface area contributed by atoms with Crippen LogP contribution in [0.15, 0.2) is 36.5 Å². The van der Waals surface area contributed by atoms with Crippen LogP contribution in [0.4, 0.5) is 0 Å². The zero-order valence-corrected chi connectivity index (χ0v) is 15.8. The molecule has 1 fully saturated rings. The van der Waals surface area contributed by atoms with E-state index in [-0.39, 0.29) is 6.04 Å². The highest BCUT2D eigenvalue weighted by Crippen LogP contribution is 2.40. The van der Waals surface area contributed by atoms with Gasteiger partial charge in [-0.05, 0) is 51.8 Å². The molecule has 0 amide bonds. The third-order valence-corrected chi connectivity index (χ3v) is 4.64. The second-order valence-electron chi connectivity index (χ2n) is 7.06. The van der Waals surface area contributed by atoms with E-state index in [4.69, 9.17) is 14.5 Å². The minimum absolute atomic E-state index is 0.159. The highest BCUT2D eigenvalue weighted by Gasteiger charge is 2.29. The zero-order valence-electron chi connectivity index (χ0n) is 15.8. The number of nitrogens with zero attached hydrogens (tertiary/aromatic N) is 3. The molecule has 2 heterocycles. The maximum Gasteiger partial charge on any atom is 0.344 e. The maximum atomic E-state index is 13.0. The summed E-state index contributed by atoms with van der Waals surface area (Å²) < 4.78 is 13.1. The lowest BCUT2D eigenvalue weighted by Crippen LogP contribution is -2.12. The molecule has 3 aromatic rings. The molecule has 0 spiro atoms. The number of fused-ring (bicyclic) bond motifs is 1. The van der Waals surface area contributed by atoms with Crippen molar-refractivity contribution >= 4 is 17.0 Å². The van der Waals surface area contributed by atoms with Crippen LogP contribution in [0, 0.1) is 0 Å². The monoisotopic (exact) mass is 365 g/mol. The molecule has 6 nitrogen and oxygen atoms in total. The first-order valence-corrected chi connectivity index (χ1v) is 9.40. The Morgan fingerprint density at radius 3 is 2.67 bits per heavy atom. The predicted molar refractivity (Wildman–Crippen MR) is 102 cm³/mol. The van der Waals surface area contributed by atoms with Crippen molar-refractivity contribution in [2.75, 3.05) is 6.61 Å². The Bertz CT molecular complexity index is 990. The van der Waals surface area contributed by atoms with Gasteiger partial charge in [0, 0.05) is 17.7 Å². The molecule has 1 aliphatic carbocycles. The van der Waals surface area contributed by atoms with Crippen LogP contribution in [0.25, 0.3) is 11.0 Å². The molecule has 1 aliphatic rings. The van der Waals surface area contributed by atoms with Crippen LogP contribution in [0.1, 0.15) is 61.6 Å². The number of rotatable bonds is 6. The van der Waals surface area contributed by atoms with E-state index in [1.165, 1.54) is 0 Å². The van der Waals surface area contributed by atoms with Crippen LogP contribution in [0.5, 0.6) is 11.5 Å². The lowest BCUT2D eigenvalue weighted by molar-refractivity contribution is 0.0730. The van der Waals surface area contributed by atoms with Gasteiger partial charge in [-0.15, -0.1) is 0 Å². The van der Waals surface area contributed by atoms with Gasteiger partial charge in [0.05, 0.1) is 23.8 Å². The Labute approximate surface area is 158 Å². The summed E-state index contributed by atoms with van der Waals surface area (Å²) in [6.07, 6.45) is 3.91. The molecule has 140 valence electrons. The van der Waals surface area contributed by atoms with Gasteiger partial charge in [-0.1, -0.05) is 12.1 Å². The van der Waals surface area contributed by atoms with Crippen LogP contribution in [-0.4, -0.2) is 27.3 Å². The lowest BCUT2D eigenvalue weighted by atomic mass is 10.1. The first-order chi connectivity index (χ1) is 13.1. The van der Waals surface area contributed by atoms with Crippen molar-refractivity contribution < 1.29 is 14.3 Å². The Morgan fingerprint density at radius 2 is 2.00 bits per heavy atom. The van der Waals surface area contributed by atoms with Crippen molar-refractivity contribution in [2.45, 2.75) is 45.6 Å². The number of pyridine rings is 1. The van der Waals surface area contributed by atoms with Crippen molar-refractivity contribution in [3.05, 3.63) is 47.8 Å². The molecule has 6 heteroatoms. The smallest absolute Gasteiger partial charge is 0.344 e. The molecule has 2 aromatic heterocycles. The van der Waals surface area contributed by atoms with Crippen LogP contribution >= 0.6 is 0 Å². The van der Waals surface area contributed by atoms with Gasteiger partial charge in [0.1, 0.15) is 0 Å². The fourth-order valence-corrected chi connectivity index (χ4v) is 3.14. The molecule has 27 heavy (non-hydrogen) atoms. The summed E-state index contributed by atoms with van der Waals surface area (Å²) in [6.45, 7) is 6.50. The highest BCUT2D eigenvalue weighted by atomic mass is 16.6. The maximum absolute atomic E-state index is 13.0. The van der Waals surface area contributed by atoms with E-state index in [1.807, 2.05) is 43.7 Å². The Balaban J connectivity index is 1.75. The van der Waals surface area contributed by atoms with E-state index < -0.39 is 5.97 Å². The third-order valence-electron chi connectivity index (χ3n) is 4.64.